The lowest BCUT2D eigenvalue weighted by Crippen LogP contribution is -2.10. The minimum Gasteiger partial charge on any atom is -0.443 e. The van der Waals surface area contributed by atoms with Gasteiger partial charge in [-0.3, -0.25) is 0 Å². The van der Waals surface area contributed by atoms with E-state index in [1.54, 1.807) is 10.9 Å². The van der Waals surface area contributed by atoms with E-state index in [1.165, 1.54) is 0 Å². The molecule has 0 aliphatic carbocycles. The summed E-state index contributed by atoms with van der Waals surface area (Å²) >= 11 is 0. The molecule has 0 amide bonds. The van der Waals surface area contributed by atoms with Gasteiger partial charge in [0.05, 0.1) is 11.9 Å². The Morgan fingerprint density at radius 1 is 1.37 bits per heavy atom. The average Bonchev–Trinajstić information content (AvgIpc) is 2.90. The fourth-order valence-corrected chi connectivity index (χ4v) is 1.83. The number of hydrogen-bond donors (Lipinski definition) is 1. The van der Waals surface area contributed by atoms with Gasteiger partial charge in [-0.2, -0.15) is 0 Å². The molecule has 2 rings (SSSR count). The van der Waals surface area contributed by atoms with E-state index in [0.29, 0.717) is 18.3 Å². The number of aromatic nitrogens is 4. The van der Waals surface area contributed by atoms with Gasteiger partial charge in [0, 0.05) is 5.41 Å². The summed E-state index contributed by atoms with van der Waals surface area (Å²) in [7, 11) is 0. The second kappa shape index (κ2) is 5.03. The number of nitrogens with zero attached hydrogens (tertiary/aromatic N) is 4. The fraction of sp³-hybridized carbons (Fsp3) is 0.615. The Hall–Kier alpha value is -1.85. The van der Waals surface area contributed by atoms with Crippen LogP contribution in [-0.2, 0) is 18.4 Å². The Morgan fingerprint density at radius 3 is 2.68 bits per heavy atom. The van der Waals surface area contributed by atoms with E-state index in [1.807, 2.05) is 0 Å². The number of nitrogens with two attached hydrogens (primary N) is 1. The summed E-state index contributed by atoms with van der Waals surface area (Å²) in [6.07, 6.45) is 3.62. The summed E-state index contributed by atoms with van der Waals surface area (Å²) in [5.41, 5.74) is 6.71. The first-order chi connectivity index (χ1) is 8.91. The molecule has 0 bridgehead atoms. The van der Waals surface area contributed by atoms with Gasteiger partial charge in [0.1, 0.15) is 12.3 Å². The third-order valence-corrected chi connectivity index (χ3v) is 2.93. The van der Waals surface area contributed by atoms with E-state index < -0.39 is 0 Å². The second-order valence-corrected chi connectivity index (χ2v) is 5.70. The van der Waals surface area contributed by atoms with Crippen LogP contribution in [0.3, 0.4) is 0 Å². The van der Waals surface area contributed by atoms with Crippen molar-refractivity contribution >= 4 is 5.82 Å². The zero-order chi connectivity index (χ0) is 14.0. The minimum absolute atomic E-state index is 0.0428. The maximum atomic E-state index is 5.81. The second-order valence-electron chi connectivity index (χ2n) is 5.70. The summed E-state index contributed by atoms with van der Waals surface area (Å²) in [5, 5.41) is 7.95. The van der Waals surface area contributed by atoms with E-state index in [4.69, 9.17) is 10.2 Å². The highest BCUT2D eigenvalue weighted by Gasteiger charge is 2.20. The van der Waals surface area contributed by atoms with Gasteiger partial charge in [-0.15, -0.1) is 5.10 Å². The van der Waals surface area contributed by atoms with Crippen molar-refractivity contribution in [2.45, 2.75) is 52.5 Å². The predicted molar refractivity (Wildman–Crippen MR) is 72.7 cm³/mol. The van der Waals surface area contributed by atoms with Crippen LogP contribution < -0.4 is 5.73 Å². The molecule has 0 saturated carbocycles. The first-order valence-electron chi connectivity index (χ1n) is 6.55. The Bertz CT molecular complexity index is 550. The summed E-state index contributed by atoms with van der Waals surface area (Å²) in [6.45, 7) is 8.84. The van der Waals surface area contributed by atoms with Crippen LogP contribution in [0.25, 0.3) is 0 Å². The van der Waals surface area contributed by atoms with Gasteiger partial charge in [-0.05, 0) is 6.42 Å². The van der Waals surface area contributed by atoms with E-state index in [-0.39, 0.29) is 5.41 Å². The van der Waals surface area contributed by atoms with E-state index >= 15 is 0 Å². The predicted octanol–water partition coefficient (Wildman–Crippen LogP) is 2.15. The van der Waals surface area contributed by atoms with E-state index in [9.17, 15) is 0 Å². The molecule has 0 aromatic carbocycles. The van der Waals surface area contributed by atoms with Gasteiger partial charge in [0.25, 0.3) is 0 Å². The van der Waals surface area contributed by atoms with Gasteiger partial charge in [0.2, 0.25) is 5.89 Å². The average molecular weight is 263 g/mol. The molecule has 0 spiro atoms. The highest BCUT2D eigenvalue weighted by Crippen LogP contribution is 2.23. The number of oxazole rings is 1. The highest BCUT2D eigenvalue weighted by molar-refractivity contribution is 5.33. The van der Waals surface area contributed by atoms with Crippen LogP contribution in [-0.4, -0.2) is 20.0 Å². The number of rotatable bonds is 4. The van der Waals surface area contributed by atoms with Crippen LogP contribution in [0.15, 0.2) is 10.6 Å². The summed E-state index contributed by atoms with van der Waals surface area (Å²) in [4.78, 5) is 4.29. The molecule has 2 aromatic rings. The van der Waals surface area contributed by atoms with Crippen molar-refractivity contribution in [3.63, 3.8) is 0 Å². The molecular weight excluding hydrogens is 242 g/mol. The number of anilines is 1. The Morgan fingerprint density at radius 2 is 2.11 bits per heavy atom. The van der Waals surface area contributed by atoms with Gasteiger partial charge in [0.15, 0.2) is 5.82 Å². The molecule has 2 heterocycles. The molecule has 0 aliphatic heterocycles. The molecule has 6 nitrogen and oxygen atoms in total. The molecule has 104 valence electrons. The van der Waals surface area contributed by atoms with Crippen LogP contribution >= 0.6 is 0 Å². The van der Waals surface area contributed by atoms with Crippen molar-refractivity contribution < 1.29 is 4.42 Å². The van der Waals surface area contributed by atoms with E-state index in [0.717, 1.165) is 24.3 Å². The molecule has 19 heavy (non-hydrogen) atoms. The first kappa shape index (κ1) is 13.6. The molecule has 2 aromatic heterocycles. The first-order valence-corrected chi connectivity index (χ1v) is 6.55. The van der Waals surface area contributed by atoms with Crippen LogP contribution in [0.4, 0.5) is 5.82 Å². The zero-order valence-corrected chi connectivity index (χ0v) is 12.0. The molecule has 2 N–H and O–H groups in total. The molecule has 0 radical (unpaired) electrons. The van der Waals surface area contributed by atoms with Crippen molar-refractivity contribution in [1.82, 2.24) is 20.0 Å². The molecular formula is C13H21N5O. The summed E-state index contributed by atoms with van der Waals surface area (Å²) in [6, 6.07) is 0. The van der Waals surface area contributed by atoms with Crippen molar-refractivity contribution in [2.24, 2.45) is 0 Å². The normalized spacial score (nSPS) is 12.0. The van der Waals surface area contributed by atoms with E-state index in [2.05, 4.69) is 43.0 Å². The van der Waals surface area contributed by atoms with Crippen LogP contribution in [0.5, 0.6) is 0 Å². The topological polar surface area (TPSA) is 82.8 Å². The Labute approximate surface area is 113 Å². The Balaban J connectivity index is 2.20. The third kappa shape index (κ3) is 2.94. The van der Waals surface area contributed by atoms with Gasteiger partial charge < -0.3 is 10.2 Å². The molecule has 0 atom stereocenters. The monoisotopic (exact) mass is 263 g/mol. The van der Waals surface area contributed by atoms with Gasteiger partial charge >= 0.3 is 0 Å². The maximum absolute atomic E-state index is 5.81. The fourth-order valence-electron chi connectivity index (χ4n) is 1.83. The number of nitrogen functional groups attached to an aromatic ring is 1. The lowest BCUT2D eigenvalue weighted by atomic mass is 9.94. The van der Waals surface area contributed by atoms with Crippen molar-refractivity contribution in [1.29, 1.82) is 0 Å². The molecule has 0 saturated heterocycles. The van der Waals surface area contributed by atoms with Gasteiger partial charge in [-0.1, -0.05) is 39.3 Å². The smallest absolute Gasteiger partial charge is 0.216 e. The van der Waals surface area contributed by atoms with Crippen LogP contribution in [0, 0.1) is 0 Å². The zero-order valence-electron chi connectivity index (χ0n) is 12.0. The molecule has 0 unspecified atom stereocenters. The minimum atomic E-state index is -0.0428. The van der Waals surface area contributed by atoms with Crippen molar-refractivity contribution in [3.05, 3.63) is 23.5 Å². The largest absolute Gasteiger partial charge is 0.443 e. The van der Waals surface area contributed by atoms with Gasteiger partial charge in [-0.25, -0.2) is 9.67 Å². The lowest BCUT2D eigenvalue weighted by Gasteiger charge is -2.13. The molecule has 0 fully saturated rings. The standard InChI is InChI=1S/C13H21N5O/c1-5-6-9-12(14)16-17-18(9)8-11-15-7-10(19-11)13(2,3)4/h7H,5-6,8,14H2,1-4H3. The van der Waals surface area contributed by atoms with Crippen molar-refractivity contribution in [2.75, 3.05) is 5.73 Å². The quantitative estimate of drug-likeness (QED) is 0.913. The summed E-state index contributed by atoms with van der Waals surface area (Å²) in [5.74, 6) is 1.99. The Kier molecular flexibility index (Phi) is 3.59. The maximum Gasteiger partial charge on any atom is 0.216 e. The molecule has 0 aliphatic rings. The third-order valence-electron chi connectivity index (χ3n) is 2.93. The lowest BCUT2D eigenvalue weighted by molar-refractivity contribution is 0.370. The van der Waals surface area contributed by atoms with Crippen LogP contribution in [0.2, 0.25) is 0 Å². The number of hydrogen-bond acceptors (Lipinski definition) is 5. The highest BCUT2D eigenvalue weighted by atomic mass is 16.4. The molecule has 6 heteroatoms. The SMILES string of the molecule is CCCc1c(N)nnn1Cc1ncc(C(C)(C)C)o1. The van der Waals surface area contributed by atoms with Crippen molar-refractivity contribution in [3.8, 4) is 0 Å². The summed E-state index contributed by atoms with van der Waals surface area (Å²) < 4.78 is 7.51. The van der Waals surface area contributed by atoms with Crippen LogP contribution in [0.1, 0.15) is 51.5 Å².